The minimum absolute atomic E-state index is 0.386. The molecule has 1 heterocycles. The van der Waals surface area contributed by atoms with E-state index in [9.17, 15) is 8.42 Å². The number of nitrogens with one attached hydrogen (secondary N) is 1. The molecule has 1 aliphatic rings. The van der Waals surface area contributed by atoms with Crippen LogP contribution in [0.1, 0.15) is 31.2 Å². The molecule has 1 aliphatic heterocycles. The second kappa shape index (κ2) is 6.70. The van der Waals surface area contributed by atoms with E-state index in [1.165, 1.54) is 17.1 Å². The molecule has 1 N–H and O–H groups in total. The van der Waals surface area contributed by atoms with E-state index >= 15 is 0 Å². The van der Waals surface area contributed by atoms with E-state index in [2.05, 4.69) is 5.32 Å². The molecular formula is C15H24N2O2S. The van der Waals surface area contributed by atoms with Crippen molar-refractivity contribution in [3.05, 3.63) is 29.8 Å². The number of hydrogen-bond acceptors (Lipinski definition) is 3. The second-order valence-corrected chi connectivity index (χ2v) is 7.62. The zero-order valence-corrected chi connectivity index (χ0v) is 13.1. The Morgan fingerprint density at radius 3 is 2.80 bits per heavy atom. The van der Waals surface area contributed by atoms with Crippen molar-refractivity contribution in [1.29, 1.82) is 0 Å². The van der Waals surface area contributed by atoms with Crippen molar-refractivity contribution in [3.8, 4) is 0 Å². The molecule has 1 atom stereocenters. The summed E-state index contributed by atoms with van der Waals surface area (Å²) in [6.07, 6.45) is 4.50. The summed E-state index contributed by atoms with van der Waals surface area (Å²) < 4.78 is 26.4. The Morgan fingerprint density at radius 2 is 2.15 bits per heavy atom. The number of aryl methyl sites for hydroxylation is 1. The SMILES string of the molecule is Cc1cccc(S(=O)(=O)N(C)CCC2CCCCN2)c1. The van der Waals surface area contributed by atoms with Crippen molar-refractivity contribution in [2.75, 3.05) is 20.1 Å². The molecule has 0 spiro atoms. The first-order valence-electron chi connectivity index (χ1n) is 7.26. The van der Waals surface area contributed by atoms with Crippen molar-refractivity contribution in [1.82, 2.24) is 9.62 Å². The van der Waals surface area contributed by atoms with E-state index in [0.29, 0.717) is 17.5 Å². The Kier molecular flexibility index (Phi) is 5.18. The minimum atomic E-state index is -3.36. The normalized spacial score (nSPS) is 20.2. The number of piperidine rings is 1. The standard InChI is InChI=1S/C15H24N2O2S/c1-13-6-5-8-15(12-13)20(18,19)17(2)11-9-14-7-3-4-10-16-14/h5-6,8,12,14,16H,3-4,7,9-11H2,1-2H3. The van der Waals surface area contributed by atoms with Crippen LogP contribution in [0.4, 0.5) is 0 Å². The predicted octanol–water partition coefficient (Wildman–Crippen LogP) is 2.15. The molecule has 0 amide bonds. The average Bonchev–Trinajstić information content (AvgIpc) is 2.45. The molecule has 5 heteroatoms. The summed E-state index contributed by atoms with van der Waals surface area (Å²) in [6, 6.07) is 7.55. The summed E-state index contributed by atoms with van der Waals surface area (Å²) in [4.78, 5) is 0.386. The molecule has 0 radical (unpaired) electrons. The molecule has 0 saturated carbocycles. The van der Waals surface area contributed by atoms with Gasteiger partial charge in [0.2, 0.25) is 10.0 Å². The molecular weight excluding hydrogens is 272 g/mol. The third-order valence-corrected chi connectivity index (χ3v) is 5.76. The first-order chi connectivity index (χ1) is 9.50. The van der Waals surface area contributed by atoms with Crippen LogP contribution in [-0.2, 0) is 10.0 Å². The van der Waals surface area contributed by atoms with Gasteiger partial charge in [-0.25, -0.2) is 12.7 Å². The zero-order chi connectivity index (χ0) is 14.6. The van der Waals surface area contributed by atoms with Gasteiger partial charge in [-0.05, 0) is 50.4 Å². The highest BCUT2D eigenvalue weighted by molar-refractivity contribution is 7.89. The molecule has 20 heavy (non-hydrogen) atoms. The van der Waals surface area contributed by atoms with Gasteiger partial charge in [0, 0.05) is 19.6 Å². The summed E-state index contributed by atoms with van der Waals surface area (Å²) in [5.41, 5.74) is 0.966. The second-order valence-electron chi connectivity index (χ2n) is 5.58. The molecule has 4 nitrogen and oxygen atoms in total. The van der Waals surface area contributed by atoms with Crippen LogP contribution in [-0.4, -0.2) is 38.9 Å². The van der Waals surface area contributed by atoms with Crippen molar-refractivity contribution < 1.29 is 8.42 Å². The average molecular weight is 296 g/mol. The molecule has 0 bridgehead atoms. The molecule has 1 aromatic carbocycles. The van der Waals surface area contributed by atoms with Crippen LogP contribution in [0.25, 0.3) is 0 Å². The highest BCUT2D eigenvalue weighted by Crippen LogP contribution is 2.17. The van der Waals surface area contributed by atoms with Gasteiger partial charge >= 0.3 is 0 Å². The van der Waals surface area contributed by atoms with Crippen LogP contribution >= 0.6 is 0 Å². The van der Waals surface area contributed by atoms with E-state index in [4.69, 9.17) is 0 Å². The van der Waals surface area contributed by atoms with Crippen molar-refractivity contribution in [2.24, 2.45) is 0 Å². The van der Waals surface area contributed by atoms with Crippen LogP contribution in [0.15, 0.2) is 29.2 Å². The Hall–Kier alpha value is -0.910. The number of sulfonamides is 1. The summed E-state index contributed by atoms with van der Waals surface area (Å²) in [6.45, 7) is 3.53. The number of nitrogens with zero attached hydrogens (tertiary/aromatic N) is 1. The van der Waals surface area contributed by atoms with Gasteiger partial charge in [0.1, 0.15) is 0 Å². The molecule has 0 aliphatic carbocycles. The third-order valence-electron chi connectivity index (χ3n) is 3.90. The molecule has 1 saturated heterocycles. The van der Waals surface area contributed by atoms with Gasteiger partial charge in [0.05, 0.1) is 4.90 Å². The molecule has 1 fully saturated rings. The van der Waals surface area contributed by atoms with Crippen LogP contribution in [0.3, 0.4) is 0 Å². The summed E-state index contributed by atoms with van der Waals surface area (Å²) in [5.74, 6) is 0. The largest absolute Gasteiger partial charge is 0.314 e. The zero-order valence-electron chi connectivity index (χ0n) is 12.3. The molecule has 1 unspecified atom stereocenters. The number of benzene rings is 1. The number of rotatable bonds is 5. The summed E-state index contributed by atoms with van der Waals surface area (Å²) in [5, 5.41) is 3.45. The fraction of sp³-hybridized carbons (Fsp3) is 0.600. The quantitative estimate of drug-likeness (QED) is 0.906. The lowest BCUT2D eigenvalue weighted by molar-refractivity contribution is 0.351. The van der Waals surface area contributed by atoms with Gasteiger partial charge in [0.25, 0.3) is 0 Å². The lowest BCUT2D eigenvalue weighted by Crippen LogP contribution is -2.38. The van der Waals surface area contributed by atoms with Crippen molar-refractivity contribution in [2.45, 2.75) is 43.5 Å². The Labute approximate surface area is 122 Å². The van der Waals surface area contributed by atoms with E-state index in [1.807, 2.05) is 13.0 Å². The van der Waals surface area contributed by atoms with Gasteiger partial charge in [-0.2, -0.15) is 0 Å². The van der Waals surface area contributed by atoms with E-state index in [-0.39, 0.29) is 0 Å². The highest BCUT2D eigenvalue weighted by Gasteiger charge is 2.22. The Morgan fingerprint density at radius 1 is 1.35 bits per heavy atom. The van der Waals surface area contributed by atoms with Gasteiger partial charge in [-0.15, -0.1) is 0 Å². The Bertz CT molecular complexity index is 537. The summed E-state index contributed by atoms with van der Waals surface area (Å²) >= 11 is 0. The van der Waals surface area contributed by atoms with Crippen LogP contribution in [0.2, 0.25) is 0 Å². The fourth-order valence-corrected chi connectivity index (χ4v) is 3.87. The summed E-state index contributed by atoms with van der Waals surface area (Å²) in [7, 11) is -1.69. The van der Waals surface area contributed by atoms with Gasteiger partial charge in [-0.3, -0.25) is 0 Å². The maximum absolute atomic E-state index is 12.5. The molecule has 0 aromatic heterocycles. The fourth-order valence-electron chi connectivity index (χ4n) is 2.58. The van der Waals surface area contributed by atoms with Crippen LogP contribution in [0, 0.1) is 6.92 Å². The molecule has 2 rings (SSSR count). The number of hydrogen-bond donors (Lipinski definition) is 1. The van der Waals surface area contributed by atoms with Gasteiger partial charge < -0.3 is 5.32 Å². The van der Waals surface area contributed by atoms with Crippen molar-refractivity contribution >= 4 is 10.0 Å². The predicted molar refractivity (Wildman–Crippen MR) is 81.3 cm³/mol. The van der Waals surface area contributed by atoms with Crippen LogP contribution < -0.4 is 5.32 Å². The minimum Gasteiger partial charge on any atom is -0.314 e. The maximum Gasteiger partial charge on any atom is 0.242 e. The van der Waals surface area contributed by atoms with E-state index in [0.717, 1.165) is 24.9 Å². The van der Waals surface area contributed by atoms with Gasteiger partial charge in [-0.1, -0.05) is 18.6 Å². The van der Waals surface area contributed by atoms with Gasteiger partial charge in [0.15, 0.2) is 0 Å². The molecule has 1 aromatic rings. The van der Waals surface area contributed by atoms with Crippen molar-refractivity contribution in [3.63, 3.8) is 0 Å². The lowest BCUT2D eigenvalue weighted by atomic mass is 10.0. The highest BCUT2D eigenvalue weighted by atomic mass is 32.2. The third kappa shape index (κ3) is 3.81. The monoisotopic (exact) mass is 296 g/mol. The first-order valence-corrected chi connectivity index (χ1v) is 8.70. The Balaban J connectivity index is 1.98. The maximum atomic E-state index is 12.5. The van der Waals surface area contributed by atoms with E-state index in [1.54, 1.807) is 25.2 Å². The van der Waals surface area contributed by atoms with Crippen LogP contribution in [0.5, 0.6) is 0 Å². The lowest BCUT2D eigenvalue weighted by Gasteiger charge is -2.25. The smallest absolute Gasteiger partial charge is 0.242 e. The topological polar surface area (TPSA) is 49.4 Å². The first kappa shape index (κ1) is 15.5. The van der Waals surface area contributed by atoms with E-state index < -0.39 is 10.0 Å². The molecule has 112 valence electrons.